The zero-order chi connectivity index (χ0) is 11.0. The SMILES string of the molecule is Cc1c[nH]c2ncnc(N3CCCCC3)c12. The number of hydrogen-bond donors (Lipinski definition) is 1. The number of anilines is 1. The van der Waals surface area contributed by atoms with Crippen LogP contribution in [0.1, 0.15) is 24.8 Å². The van der Waals surface area contributed by atoms with Gasteiger partial charge >= 0.3 is 0 Å². The molecule has 3 rings (SSSR count). The van der Waals surface area contributed by atoms with E-state index in [-0.39, 0.29) is 0 Å². The van der Waals surface area contributed by atoms with E-state index in [9.17, 15) is 0 Å². The number of aryl methyl sites for hydroxylation is 1. The summed E-state index contributed by atoms with van der Waals surface area (Å²) in [7, 11) is 0. The van der Waals surface area contributed by atoms with Gasteiger partial charge in [-0.3, -0.25) is 0 Å². The van der Waals surface area contributed by atoms with Crippen molar-refractivity contribution in [3.05, 3.63) is 18.1 Å². The summed E-state index contributed by atoms with van der Waals surface area (Å²) in [5.41, 5.74) is 2.18. The van der Waals surface area contributed by atoms with Crippen LogP contribution in [-0.4, -0.2) is 28.0 Å². The minimum atomic E-state index is 0.952. The van der Waals surface area contributed by atoms with Gasteiger partial charge in [-0.1, -0.05) is 0 Å². The normalized spacial score (nSPS) is 16.9. The predicted octanol–water partition coefficient (Wildman–Crippen LogP) is 2.26. The highest BCUT2D eigenvalue weighted by molar-refractivity contribution is 5.90. The van der Waals surface area contributed by atoms with Crippen molar-refractivity contribution in [1.82, 2.24) is 15.0 Å². The Hall–Kier alpha value is -1.58. The second-order valence-corrected chi connectivity index (χ2v) is 4.44. The second-order valence-electron chi connectivity index (χ2n) is 4.44. The molecule has 0 spiro atoms. The molecule has 0 saturated carbocycles. The van der Waals surface area contributed by atoms with Crippen LogP contribution < -0.4 is 4.90 Å². The Morgan fingerprint density at radius 3 is 2.81 bits per heavy atom. The first-order valence-electron chi connectivity index (χ1n) is 5.90. The number of rotatable bonds is 1. The summed E-state index contributed by atoms with van der Waals surface area (Å²) in [6.45, 7) is 4.35. The maximum absolute atomic E-state index is 4.46. The van der Waals surface area contributed by atoms with Gasteiger partial charge in [-0.05, 0) is 31.7 Å². The molecule has 1 aliphatic heterocycles. The Labute approximate surface area is 94.7 Å². The summed E-state index contributed by atoms with van der Waals surface area (Å²) < 4.78 is 0. The smallest absolute Gasteiger partial charge is 0.143 e. The van der Waals surface area contributed by atoms with Gasteiger partial charge < -0.3 is 9.88 Å². The van der Waals surface area contributed by atoms with Crippen molar-refractivity contribution in [2.45, 2.75) is 26.2 Å². The van der Waals surface area contributed by atoms with Crippen LogP contribution in [0.15, 0.2) is 12.5 Å². The molecule has 0 amide bonds. The third kappa shape index (κ3) is 1.45. The highest BCUT2D eigenvalue weighted by atomic mass is 15.2. The van der Waals surface area contributed by atoms with Crippen LogP contribution in [0.3, 0.4) is 0 Å². The van der Waals surface area contributed by atoms with Gasteiger partial charge in [0.05, 0.1) is 5.39 Å². The van der Waals surface area contributed by atoms with Gasteiger partial charge in [0.25, 0.3) is 0 Å². The second kappa shape index (κ2) is 3.77. The van der Waals surface area contributed by atoms with Crippen LogP contribution in [0.5, 0.6) is 0 Å². The van der Waals surface area contributed by atoms with E-state index >= 15 is 0 Å². The first-order chi connectivity index (χ1) is 7.86. The van der Waals surface area contributed by atoms with Crippen LogP contribution in [0.2, 0.25) is 0 Å². The third-order valence-corrected chi connectivity index (χ3v) is 3.30. The molecule has 4 heteroatoms. The van der Waals surface area contributed by atoms with Crippen LogP contribution in [0.25, 0.3) is 11.0 Å². The molecule has 3 heterocycles. The summed E-state index contributed by atoms with van der Waals surface area (Å²) in [6.07, 6.45) is 7.55. The lowest BCUT2D eigenvalue weighted by molar-refractivity contribution is 0.574. The van der Waals surface area contributed by atoms with Crippen LogP contribution in [-0.2, 0) is 0 Å². The topological polar surface area (TPSA) is 44.8 Å². The number of H-pyrrole nitrogens is 1. The fourth-order valence-electron chi connectivity index (χ4n) is 2.44. The van der Waals surface area contributed by atoms with Crippen molar-refractivity contribution >= 4 is 16.9 Å². The standard InChI is InChI=1S/C12H16N4/c1-9-7-13-11-10(9)12(15-8-14-11)16-5-3-2-4-6-16/h7-8H,2-6H2,1H3,(H,13,14,15). The van der Waals surface area contributed by atoms with Gasteiger partial charge in [0.1, 0.15) is 17.8 Å². The highest BCUT2D eigenvalue weighted by Gasteiger charge is 2.16. The van der Waals surface area contributed by atoms with Gasteiger partial charge in [-0.25, -0.2) is 9.97 Å². The Morgan fingerprint density at radius 1 is 1.19 bits per heavy atom. The molecule has 1 aliphatic rings. The molecule has 1 saturated heterocycles. The van der Waals surface area contributed by atoms with Crippen LogP contribution in [0, 0.1) is 6.92 Å². The number of nitrogens with one attached hydrogen (secondary N) is 1. The minimum absolute atomic E-state index is 0.952. The van der Waals surface area contributed by atoms with Crippen molar-refractivity contribution in [2.75, 3.05) is 18.0 Å². The quantitative estimate of drug-likeness (QED) is 0.795. The molecule has 2 aromatic heterocycles. The number of aromatic nitrogens is 3. The van der Waals surface area contributed by atoms with Crippen molar-refractivity contribution in [3.8, 4) is 0 Å². The van der Waals surface area contributed by atoms with Crippen LogP contribution in [0.4, 0.5) is 5.82 Å². The van der Waals surface area contributed by atoms with Crippen molar-refractivity contribution in [1.29, 1.82) is 0 Å². The first kappa shape index (κ1) is 9.63. The van der Waals surface area contributed by atoms with E-state index in [0.717, 1.165) is 24.6 Å². The monoisotopic (exact) mass is 216 g/mol. The lowest BCUT2D eigenvalue weighted by Gasteiger charge is -2.28. The molecule has 0 aliphatic carbocycles. The van der Waals surface area contributed by atoms with Crippen LogP contribution >= 0.6 is 0 Å². The number of nitrogens with zero attached hydrogens (tertiary/aromatic N) is 3. The number of aromatic amines is 1. The van der Waals surface area contributed by atoms with Crippen molar-refractivity contribution in [3.63, 3.8) is 0 Å². The van der Waals surface area contributed by atoms with Gasteiger partial charge in [-0.15, -0.1) is 0 Å². The summed E-state index contributed by atoms with van der Waals surface area (Å²) in [4.78, 5) is 14.3. The van der Waals surface area contributed by atoms with Gasteiger partial charge in [-0.2, -0.15) is 0 Å². The predicted molar refractivity (Wildman–Crippen MR) is 64.7 cm³/mol. The average Bonchev–Trinajstić information content (AvgIpc) is 2.73. The maximum atomic E-state index is 4.46. The largest absolute Gasteiger partial charge is 0.356 e. The summed E-state index contributed by atoms with van der Waals surface area (Å²) in [5.74, 6) is 1.10. The summed E-state index contributed by atoms with van der Waals surface area (Å²) >= 11 is 0. The van der Waals surface area contributed by atoms with E-state index in [2.05, 4.69) is 26.8 Å². The highest BCUT2D eigenvalue weighted by Crippen LogP contribution is 2.27. The van der Waals surface area contributed by atoms with Gasteiger partial charge in [0, 0.05) is 19.3 Å². The molecule has 1 N–H and O–H groups in total. The van der Waals surface area contributed by atoms with Crippen molar-refractivity contribution < 1.29 is 0 Å². The van der Waals surface area contributed by atoms with E-state index in [4.69, 9.17) is 0 Å². The van der Waals surface area contributed by atoms with E-state index in [0.29, 0.717) is 0 Å². The number of hydrogen-bond acceptors (Lipinski definition) is 3. The maximum Gasteiger partial charge on any atom is 0.143 e. The Morgan fingerprint density at radius 2 is 2.00 bits per heavy atom. The van der Waals surface area contributed by atoms with Gasteiger partial charge in [0.2, 0.25) is 0 Å². The lowest BCUT2D eigenvalue weighted by atomic mass is 10.1. The minimum Gasteiger partial charge on any atom is -0.356 e. The number of piperidine rings is 1. The molecule has 0 radical (unpaired) electrons. The van der Waals surface area contributed by atoms with Crippen molar-refractivity contribution in [2.24, 2.45) is 0 Å². The van der Waals surface area contributed by atoms with E-state index in [1.807, 2.05) is 6.20 Å². The fraction of sp³-hybridized carbons (Fsp3) is 0.500. The Bertz CT molecular complexity index is 497. The zero-order valence-corrected chi connectivity index (χ0v) is 9.53. The molecule has 0 atom stereocenters. The molecule has 0 aromatic carbocycles. The van der Waals surface area contributed by atoms with E-state index < -0.39 is 0 Å². The fourth-order valence-corrected chi connectivity index (χ4v) is 2.44. The van der Waals surface area contributed by atoms with E-state index in [1.165, 1.54) is 30.2 Å². The average molecular weight is 216 g/mol. The van der Waals surface area contributed by atoms with E-state index in [1.54, 1.807) is 6.33 Å². The first-order valence-corrected chi connectivity index (χ1v) is 5.90. The molecule has 16 heavy (non-hydrogen) atoms. The molecule has 2 aromatic rings. The molecule has 0 bridgehead atoms. The molecule has 0 unspecified atom stereocenters. The Balaban J connectivity index is 2.10. The number of fused-ring (bicyclic) bond motifs is 1. The van der Waals surface area contributed by atoms with Gasteiger partial charge in [0.15, 0.2) is 0 Å². The third-order valence-electron chi connectivity index (χ3n) is 3.30. The zero-order valence-electron chi connectivity index (χ0n) is 9.53. The molecular weight excluding hydrogens is 200 g/mol. The lowest BCUT2D eigenvalue weighted by Crippen LogP contribution is -2.30. The molecule has 4 nitrogen and oxygen atoms in total. The summed E-state index contributed by atoms with van der Waals surface area (Å²) in [6, 6.07) is 0. The summed E-state index contributed by atoms with van der Waals surface area (Å²) in [5, 5.41) is 1.18. The Kier molecular flexibility index (Phi) is 2.27. The molecule has 1 fully saturated rings. The molecule has 84 valence electrons. The molecular formula is C12H16N4.